The van der Waals surface area contributed by atoms with Gasteiger partial charge in [0.2, 0.25) is 0 Å². The molecule has 2 aromatic carbocycles. The number of aldehydes is 1. The lowest BCUT2D eigenvalue weighted by atomic mass is 9.99. The van der Waals surface area contributed by atoms with Crippen molar-refractivity contribution in [2.24, 2.45) is 0 Å². The second-order valence-electron chi connectivity index (χ2n) is 5.48. The van der Waals surface area contributed by atoms with E-state index >= 15 is 0 Å². The topological polar surface area (TPSA) is 29.1 Å². The first-order valence-electron chi connectivity index (χ1n) is 7.33. The lowest BCUT2D eigenvalue weighted by Crippen LogP contribution is -1.94. The van der Waals surface area contributed by atoms with Crippen molar-refractivity contribution in [3.05, 3.63) is 63.7 Å². The molecule has 0 radical (unpaired) electrons. The molecule has 0 amide bonds. The van der Waals surface area contributed by atoms with Crippen LogP contribution in [-0.4, -0.2) is 12.8 Å². The van der Waals surface area contributed by atoms with Crippen LogP contribution >= 0.6 is 11.6 Å². The van der Waals surface area contributed by atoms with Crippen LogP contribution < -0.4 is 5.32 Å². The Morgan fingerprint density at radius 2 is 2.00 bits per heavy atom. The van der Waals surface area contributed by atoms with Crippen molar-refractivity contribution in [1.29, 1.82) is 0 Å². The molecule has 0 atom stereocenters. The standard InChI is InChI=1S/C18H18ClNO/c19-17-5-3-13(2-1-9-21)10-16(17)12-14-4-6-18-15(11-14)7-8-20-18/h3-6,9-11,20H,1-2,7-8,12H2. The van der Waals surface area contributed by atoms with E-state index in [0.717, 1.165) is 42.7 Å². The molecule has 0 saturated carbocycles. The molecule has 0 spiro atoms. The fraction of sp³-hybridized carbons (Fsp3) is 0.278. The highest BCUT2D eigenvalue weighted by Gasteiger charge is 2.11. The summed E-state index contributed by atoms with van der Waals surface area (Å²) in [6, 6.07) is 12.6. The van der Waals surface area contributed by atoms with Crippen molar-refractivity contribution < 1.29 is 4.79 Å². The maximum absolute atomic E-state index is 10.5. The number of rotatable bonds is 5. The zero-order valence-corrected chi connectivity index (χ0v) is 12.6. The number of anilines is 1. The molecule has 1 aliphatic rings. The van der Waals surface area contributed by atoms with E-state index < -0.39 is 0 Å². The van der Waals surface area contributed by atoms with Crippen LogP contribution in [-0.2, 0) is 24.1 Å². The zero-order chi connectivity index (χ0) is 14.7. The summed E-state index contributed by atoms with van der Waals surface area (Å²) >= 11 is 6.32. The van der Waals surface area contributed by atoms with E-state index in [1.54, 1.807) is 0 Å². The zero-order valence-electron chi connectivity index (χ0n) is 11.9. The highest BCUT2D eigenvalue weighted by molar-refractivity contribution is 6.31. The third-order valence-electron chi connectivity index (χ3n) is 3.94. The van der Waals surface area contributed by atoms with Gasteiger partial charge >= 0.3 is 0 Å². The predicted octanol–water partition coefficient (Wildman–Crippen LogP) is 4.03. The number of halogens is 1. The highest BCUT2D eigenvalue weighted by Crippen LogP contribution is 2.26. The normalized spacial score (nSPS) is 12.8. The van der Waals surface area contributed by atoms with Crippen LogP contribution in [0.3, 0.4) is 0 Å². The third kappa shape index (κ3) is 3.27. The van der Waals surface area contributed by atoms with Gasteiger partial charge in [-0.25, -0.2) is 0 Å². The van der Waals surface area contributed by atoms with Gasteiger partial charge in [0.15, 0.2) is 0 Å². The molecular weight excluding hydrogens is 282 g/mol. The molecule has 1 N–H and O–H groups in total. The Balaban J connectivity index is 1.81. The molecule has 21 heavy (non-hydrogen) atoms. The molecule has 3 rings (SSSR count). The molecule has 2 nitrogen and oxygen atoms in total. The summed E-state index contributed by atoms with van der Waals surface area (Å²) < 4.78 is 0. The second kappa shape index (κ2) is 6.31. The molecule has 0 bridgehead atoms. The minimum Gasteiger partial charge on any atom is -0.384 e. The quantitative estimate of drug-likeness (QED) is 0.845. The Morgan fingerprint density at radius 1 is 1.14 bits per heavy atom. The first kappa shape index (κ1) is 14.2. The molecule has 108 valence electrons. The molecule has 0 fully saturated rings. The van der Waals surface area contributed by atoms with Gasteiger partial charge in [0.25, 0.3) is 0 Å². The Bertz CT molecular complexity index is 666. The lowest BCUT2D eigenvalue weighted by molar-refractivity contribution is -0.107. The summed E-state index contributed by atoms with van der Waals surface area (Å²) in [6.45, 7) is 1.03. The smallest absolute Gasteiger partial charge is 0.120 e. The van der Waals surface area contributed by atoms with Crippen LogP contribution in [0.4, 0.5) is 5.69 Å². The summed E-state index contributed by atoms with van der Waals surface area (Å²) in [5, 5.41) is 4.17. The van der Waals surface area contributed by atoms with Gasteiger partial charge in [-0.15, -0.1) is 0 Å². The van der Waals surface area contributed by atoms with E-state index in [1.165, 1.54) is 22.4 Å². The Morgan fingerprint density at radius 3 is 2.86 bits per heavy atom. The molecule has 1 heterocycles. The minimum absolute atomic E-state index is 0.561. The molecular formula is C18H18ClNO. The monoisotopic (exact) mass is 299 g/mol. The third-order valence-corrected chi connectivity index (χ3v) is 4.30. The first-order chi connectivity index (χ1) is 10.3. The predicted molar refractivity (Wildman–Crippen MR) is 87.3 cm³/mol. The number of nitrogens with one attached hydrogen (secondary N) is 1. The Hall–Kier alpha value is -1.80. The van der Waals surface area contributed by atoms with Crippen molar-refractivity contribution in [2.75, 3.05) is 11.9 Å². The van der Waals surface area contributed by atoms with E-state index in [4.69, 9.17) is 11.6 Å². The van der Waals surface area contributed by atoms with Gasteiger partial charge in [-0.3, -0.25) is 0 Å². The van der Waals surface area contributed by atoms with Gasteiger partial charge in [0.1, 0.15) is 6.29 Å². The molecule has 3 heteroatoms. The van der Waals surface area contributed by atoms with Crippen molar-refractivity contribution in [3.8, 4) is 0 Å². The van der Waals surface area contributed by atoms with Gasteiger partial charge < -0.3 is 10.1 Å². The van der Waals surface area contributed by atoms with E-state index in [-0.39, 0.29) is 0 Å². The SMILES string of the molecule is O=CCCc1ccc(Cl)c(Cc2ccc3c(c2)CCN3)c1. The van der Waals surface area contributed by atoms with E-state index in [2.05, 4.69) is 29.6 Å². The summed E-state index contributed by atoms with van der Waals surface area (Å²) in [7, 11) is 0. The Kier molecular flexibility index (Phi) is 4.26. The number of hydrogen-bond acceptors (Lipinski definition) is 2. The molecule has 1 aliphatic heterocycles. The van der Waals surface area contributed by atoms with Crippen molar-refractivity contribution in [1.82, 2.24) is 0 Å². The molecule has 0 aliphatic carbocycles. The molecule has 0 saturated heterocycles. The summed E-state index contributed by atoms with van der Waals surface area (Å²) in [4.78, 5) is 10.5. The fourth-order valence-corrected chi connectivity index (χ4v) is 3.02. The maximum atomic E-state index is 10.5. The van der Waals surface area contributed by atoms with Gasteiger partial charge in [-0.05, 0) is 53.6 Å². The summed E-state index contributed by atoms with van der Waals surface area (Å²) in [6.07, 6.45) is 4.23. The average Bonchev–Trinajstić information content (AvgIpc) is 2.95. The van der Waals surface area contributed by atoms with E-state index in [1.807, 2.05) is 12.1 Å². The molecule has 2 aromatic rings. The number of hydrogen-bond donors (Lipinski definition) is 1. The maximum Gasteiger partial charge on any atom is 0.120 e. The van der Waals surface area contributed by atoms with Gasteiger partial charge in [-0.1, -0.05) is 35.9 Å². The van der Waals surface area contributed by atoms with Crippen LogP contribution in [0.15, 0.2) is 36.4 Å². The van der Waals surface area contributed by atoms with Crippen LogP contribution in [0.1, 0.15) is 28.7 Å². The van der Waals surface area contributed by atoms with Crippen molar-refractivity contribution in [3.63, 3.8) is 0 Å². The van der Waals surface area contributed by atoms with Gasteiger partial charge in [-0.2, -0.15) is 0 Å². The average molecular weight is 300 g/mol. The van der Waals surface area contributed by atoms with Gasteiger partial charge in [0, 0.05) is 23.7 Å². The van der Waals surface area contributed by atoms with Crippen molar-refractivity contribution in [2.45, 2.75) is 25.7 Å². The van der Waals surface area contributed by atoms with Crippen LogP contribution in [0.2, 0.25) is 5.02 Å². The van der Waals surface area contributed by atoms with Crippen LogP contribution in [0.25, 0.3) is 0 Å². The number of benzene rings is 2. The number of carbonyl (C=O) groups is 1. The van der Waals surface area contributed by atoms with Crippen LogP contribution in [0.5, 0.6) is 0 Å². The molecule has 0 aromatic heterocycles. The number of aryl methyl sites for hydroxylation is 1. The summed E-state index contributed by atoms with van der Waals surface area (Å²) in [5.41, 5.74) is 6.23. The van der Waals surface area contributed by atoms with Crippen LogP contribution in [0, 0.1) is 0 Å². The largest absolute Gasteiger partial charge is 0.384 e. The first-order valence-corrected chi connectivity index (χ1v) is 7.70. The summed E-state index contributed by atoms with van der Waals surface area (Å²) in [5.74, 6) is 0. The van der Waals surface area contributed by atoms with E-state index in [9.17, 15) is 4.79 Å². The molecule has 0 unspecified atom stereocenters. The number of carbonyl (C=O) groups excluding carboxylic acids is 1. The highest BCUT2D eigenvalue weighted by atomic mass is 35.5. The van der Waals surface area contributed by atoms with E-state index in [0.29, 0.717) is 6.42 Å². The Labute approximate surface area is 130 Å². The fourth-order valence-electron chi connectivity index (χ4n) is 2.83. The lowest BCUT2D eigenvalue weighted by Gasteiger charge is -2.09. The minimum atomic E-state index is 0.561. The number of fused-ring (bicyclic) bond motifs is 1. The van der Waals surface area contributed by atoms with Gasteiger partial charge in [0.05, 0.1) is 0 Å². The second-order valence-corrected chi connectivity index (χ2v) is 5.88. The van der Waals surface area contributed by atoms with Crippen molar-refractivity contribution >= 4 is 23.6 Å².